The number of carbonyl (C=O) groups is 1. The molecule has 0 amide bonds. The minimum absolute atomic E-state index is 0.167. The molecule has 0 aliphatic heterocycles. The van der Waals surface area contributed by atoms with Crippen molar-refractivity contribution in [2.75, 3.05) is 0 Å². The van der Waals surface area contributed by atoms with Gasteiger partial charge in [0.2, 0.25) is 0 Å². The van der Waals surface area contributed by atoms with E-state index < -0.39 is 16.4 Å². The van der Waals surface area contributed by atoms with Crippen molar-refractivity contribution in [3.8, 4) is 5.75 Å². The van der Waals surface area contributed by atoms with E-state index in [2.05, 4.69) is 0 Å². The van der Waals surface area contributed by atoms with Crippen LogP contribution in [0.15, 0.2) is 12.1 Å². The number of carbonyl (C=O) groups excluding carboxylic acids is 1. The van der Waals surface area contributed by atoms with Gasteiger partial charge in [-0.2, -0.15) is 0 Å². The first-order valence-corrected chi connectivity index (χ1v) is 4.72. The predicted molar refractivity (Wildman–Crippen MR) is 56.6 cm³/mol. The van der Waals surface area contributed by atoms with Crippen LogP contribution in [0.5, 0.6) is 5.75 Å². The van der Waals surface area contributed by atoms with Gasteiger partial charge in [-0.05, 0) is 22.8 Å². The smallest absolute Gasteiger partial charge is 0.262 e. The molecule has 0 atom stereocenters. The third kappa shape index (κ3) is 2.18. The molecule has 0 aliphatic rings. The maximum Gasteiger partial charge on any atom is 0.262 e. The van der Waals surface area contributed by atoms with Crippen LogP contribution in [0.3, 0.4) is 0 Å². The first kappa shape index (κ1) is 12.2. The van der Waals surface area contributed by atoms with E-state index >= 15 is 0 Å². The van der Waals surface area contributed by atoms with E-state index in [0.29, 0.717) is 11.8 Å². The number of nitrogens with zero attached hydrogens (tertiary/aromatic N) is 1. The Morgan fingerprint density at radius 3 is 2.25 bits per heavy atom. The van der Waals surface area contributed by atoms with Crippen LogP contribution in [0, 0.1) is 10.1 Å². The lowest BCUT2D eigenvalue weighted by molar-refractivity contribution is -0.398. The molecule has 0 aliphatic carbocycles. The molecule has 1 rings (SSSR count). The maximum absolute atomic E-state index is 11.4. The Balaban J connectivity index is 3.52. The number of hydrogen-bond acceptors (Lipinski definition) is 4. The number of aldehydes is 1. The lowest BCUT2D eigenvalue weighted by Gasteiger charge is -2.21. The summed E-state index contributed by atoms with van der Waals surface area (Å²) in [6.45, 7) is 5.56. The van der Waals surface area contributed by atoms with Gasteiger partial charge in [-0.15, -0.1) is 0 Å². The van der Waals surface area contributed by atoms with Crippen LogP contribution in [-0.2, 0) is 5.41 Å². The molecule has 5 heteroatoms. The van der Waals surface area contributed by atoms with Crippen molar-refractivity contribution in [1.29, 1.82) is 0 Å². The summed E-state index contributed by atoms with van der Waals surface area (Å²) >= 11 is 0. The van der Waals surface area contributed by atoms with Gasteiger partial charge in [-0.3, -0.25) is 14.9 Å². The molecule has 0 unspecified atom stereocenters. The van der Waals surface area contributed by atoms with Crippen molar-refractivity contribution < 1.29 is 14.8 Å². The van der Waals surface area contributed by atoms with Crippen LogP contribution < -0.4 is 5.11 Å². The molecular weight excluding hydrogens is 210 g/mol. The molecule has 0 spiro atoms. The van der Waals surface area contributed by atoms with E-state index in [1.165, 1.54) is 12.1 Å². The quantitative estimate of drug-likeness (QED) is 0.433. The molecular formula is C11H12NO4-. The summed E-state index contributed by atoms with van der Waals surface area (Å²) in [4.78, 5) is 20.6. The summed E-state index contributed by atoms with van der Waals surface area (Å²) in [6, 6.07) is 2.64. The zero-order valence-corrected chi connectivity index (χ0v) is 9.31. The van der Waals surface area contributed by atoms with Crippen molar-refractivity contribution in [3.63, 3.8) is 0 Å². The standard InChI is InChI=1S/C11H13NO4/c1-11(2,3)8-4-7(6-13)10(14)9(5-8)12(15)16/h4-6,14H,1-3H3/p-1. The Hall–Kier alpha value is -1.91. The summed E-state index contributed by atoms with van der Waals surface area (Å²) in [5.74, 6) is -0.826. The third-order valence-corrected chi connectivity index (χ3v) is 2.29. The van der Waals surface area contributed by atoms with Gasteiger partial charge in [0.1, 0.15) is 6.29 Å². The van der Waals surface area contributed by atoms with Gasteiger partial charge < -0.3 is 5.11 Å². The highest BCUT2D eigenvalue weighted by atomic mass is 16.6. The van der Waals surface area contributed by atoms with Gasteiger partial charge in [-0.1, -0.05) is 20.8 Å². The van der Waals surface area contributed by atoms with Gasteiger partial charge in [0, 0.05) is 11.6 Å². The average Bonchev–Trinajstić information content (AvgIpc) is 2.15. The van der Waals surface area contributed by atoms with Crippen LogP contribution in [0.1, 0.15) is 36.7 Å². The zero-order valence-electron chi connectivity index (χ0n) is 9.31. The van der Waals surface area contributed by atoms with Gasteiger partial charge in [0.15, 0.2) is 0 Å². The summed E-state index contributed by atoms with van der Waals surface area (Å²) in [6.07, 6.45) is 0.352. The fourth-order valence-electron chi connectivity index (χ4n) is 1.29. The van der Waals surface area contributed by atoms with Crippen molar-refractivity contribution in [3.05, 3.63) is 33.4 Å². The molecule has 0 aromatic heterocycles. The van der Waals surface area contributed by atoms with Crippen molar-refractivity contribution in [2.24, 2.45) is 0 Å². The fraction of sp³-hybridized carbons (Fsp3) is 0.364. The fourth-order valence-corrected chi connectivity index (χ4v) is 1.29. The molecule has 0 saturated carbocycles. The van der Waals surface area contributed by atoms with Gasteiger partial charge in [-0.25, -0.2) is 0 Å². The van der Waals surface area contributed by atoms with E-state index in [1.807, 2.05) is 20.8 Å². The Morgan fingerprint density at radius 2 is 1.88 bits per heavy atom. The summed E-state index contributed by atoms with van der Waals surface area (Å²) < 4.78 is 0. The summed E-state index contributed by atoms with van der Waals surface area (Å²) in [5, 5.41) is 22.1. The Labute approximate surface area is 92.9 Å². The molecule has 5 nitrogen and oxygen atoms in total. The second-order valence-electron chi connectivity index (χ2n) is 4.54. The number of hydrogen-bond donors (Lipinski definition) is 0. The Bertz CT molecular complexity index is 446. The molecule has 0 bridgehead atoms. The van der Waals surface area contributed by atoms with Crippen LogP contribution in [0.25, 0.3) is 0 Å². The van der Waals surface area contributed by atoms with Crippen molar-refractivity contribution in [2.45, 2.75) is 26.2 Å². The minimum Gasteiger partial charge on any atom is -0.867 e. The van der Waals surface area contributed by atoms with Crippen LogP contribution in [-0.4, -0.2) is 11.2 Å². The Morgan fingerprint density at radius 1 is 1.31 bits per heavy atom. The largest absolute Gasteiger partial charge is 0.867 e. The number of nitro benzene ring substituents is 1. The SMILES string of the molecule is CC(C)(C)c1cc(C=O)c([O-])c([N+](=O)[O-])c1. The van der Waals surface area contributed by atoms with Crippen molar-refractivity contribution in [1.82, 2.24) is 0 Å². The molecule has 16 heavy (non-hydrogen) atoms. The van der Waals surface area contributed by atoms with Gasteiger partial charge in [0.25, 0.3) is 5.69 Å². The van der Waals surface area contributed by atoms with E-state index in [1.54, 1.807) is 0 Å². The monoisotopic (exact) mass is 222 g/mol. The second-order valence-corrected chi connectivity index (χ2v) is 4.54. The van der Waals surface area contributed by atoms with E-state index in [-0.39, 0.29) is 11.0 Å². The second kappa shape index (κ2) is 3.92. The lowest BCUT2D eigenvalue weighted by Crippen LogP contribution is -2.13. The highest BCUT2D eigenvalue weighted by Gasteiger charge is 2.20. The molecule has 0 N–H and O–H groups in total. The molecule has 0 radical (unpaired) electrons. The first-order chi connectivity index (χ1) is 7.27. The van der Waals surface area contributed by atoms with Crippen LogP contribution in [0.4, 0.5) is 5.69 Å². The minimum atomic E-state index is -0.826. The van der Waals surface area contributed by atoms with Crippen LogP contribution in [0.2, 0.25) is 0 Å². The van der Waals surface area contributed by atoms with E-state index in [4.69, 9.17) is 0 Å². The highest BCUT2D eigenvalue weighted by Crippen LogP contribution is 2.33. The molecule has 1 aromatic carbocycles. The number of rotatable bonds is 2. The molecule has 0 heterocycles. The number of nitro groups is 1. The molecule has 1 aromatic rings. The highest BCUT2D eigenvalue weighted by molar-refractivity contribution is 5.82. The molecule has 0 fully saturated rings. The third-order valence-electron chi connectivity index (χ3n) is 2.29. The summed E-state index contributed by atoms with van der Waals surface area (Å²) in [7, 11) is 0. The van der Waals surface area contributed by atoms with E-state index in [0.717, 1.165) is 0 Å². The van der Waals surface area contributed by atoms with Crippen molar-refractivity contribution >= 4 is 12.0 Å². The normalized spacial score (nSPS) is 11.2. The number of benzene rings is 1. The topological polar surface area (TPSA) is 83.3 Å². The molecule has 0 saturated heterocycles. The van der Waals surface area contributed by atoms with Crippen LogP contribution >= 0.6 is 0 Å². The first-order valence-electron chi connectivity index (χ1n) is 4.72. The average molecular weight is 222 g/mol. The zero-order chi connectivity index (χ0) is 12.5. The van der Waals surface area contributed by atoms with Gasteiger partial charge >= 0.3 is 0 Å². The predicted octanol–water partition coefficient (Wildman–Crippen LogP) is 1.78. The lowest BCUT2D eigenvalue weighted by atomic mass is 9.85. The maximum atomic E-state index is 11.4. The van der Waals surface area contributed by atoms with Gasteiger partial charge in [0.05, 0.1) is 4.92 Å². The van der Waals surface area contributed by atoms with E-state index in [9.17, 15) is 20.0 Å². The molecule has 86 valence electrons. The Kier molecular flexibility index (Phi) is 2.98. The summed E-state index contributed by atoms with van der Waals surface area (Å²) in [5.41, 5.74) is -0.467.